The second-order valence-electron chi connectivity index (χ2n) is 8.87. The predicted octanol–water partition coefficient (Wildman–Crippen LogP) is 3.66. The monoisotopic (exact) mass is 489 g/mol. The quantitative estimate of drug-likeness (QED) is 0.363. The van der Waals surface area contributed by atoms with E-state index in [2.05, 4.69) is 35.0 Å². The second kappa shape index (κ2) is 9.23. The van der Waals surface area contributed by atoms with Crippen LogP contribution in [-0.2, 0) is 24.7 Å². The van der Waals surface area contributed by atoms with E-state index in [1.165, 1.54) is 6.33 Å². The van der Waals surface area contributed by atoms with Crippen LogP contribution >= 0.6 is 0 Å². The van der Waals surface area contributed by atoms with Crippen molar-refractivity contribution >= 4 is 16.9 Å². The Morgan fingerprint density at radius 1 is 0.973 bits per heavy atom. The molecule has 10 nitrogen and oxygen atoms in total. The number of H-pyrrole nitrogens is 1. The first kappa shape index (κ1) is 22.5. The summed E-state index contributed by atoms with van der Waals surface area (Å²) >= 11 is 0. The number of hydrogen-bond acceptors (Lipinski definition) is 7. The molecule has 0 saturated carbocycles. The van der Waals surface area contributed by atoms with Gasteiger partial charge in [-0.25, -0.2) is 19.9 Å². The van der Waals surface area contributed by atoms with Crippen LogP contribution in [0, 0.1) is 6.92 Å². The van der Waals surface area contributed by atoms with Gasteiger partial charge in [-0.1, -0.05) is 24.3 Å². The Kier molecular flexibility index (Phi) is 5.61. The van der Waals surface area contributed by atoms with E-state index in [0.717, 1.165) is 39.3 Å². The molecule has 0 bridgehead atoms. The highest BCUT2D eigenvalue weighted by molar-refractivity contribution is 5.84. The van der Waals surface area contributed by atoms with Crippen LogP contribution < -0.4 is 0 Å². The Balaban J connectivity index is 1.17. The number of fused-ring (bicyclic) bond motifs is 1. The van der Waals surface area contributed by atoms with Crippen LogP contribution in [0.25, 0.3) is 39.6 Å². The predicted molar refractivity (Wildman–Crippen MR) is 138 cm³/mol. The number of rotatable bonds is 7. The summed E-state index contributed by atoms with van der Waals surface area (Å²) < 4.78 is 3.61. The van der Waals surface area contributed by atoms with Gasteiger partial charge in [0, 0.05) is 55.3 Å². The average Bonchev–Trinajstić information content (AvgIpc) is 3.63. The highest BCUT2D eigenvalue weighted by Gasteiger charge is 2.14. The van der Waals surface area contributed by atoms with Gasteiger partial charge in [0.05, 0.1) is 11.4 Å². The summed E-state index contributed by atoms with van der Waals surface area (Å²) in [6, 6.07) is 13.6. The normalized spacial score (nSPS) is 11.3. The number of nitrogens with one attached hydrogen (secondary N) is 1. The molecule has 0 aliphatic heterocycles. The third-order valence-electron chi connectivity index (χ3n) is 6.18. The maximum absolute atomic E-state index is 12.8. The standard InChI is InChI=1S/C27H23N9O/c1-17-14-36(16-31-17)27-24-26(29-15-30-27)33-25(32-24)20-5-3-18(4-6-20)11-22(37)12-21-13-23(34-35(21)2)19-7-9-28-10-8-19/h3-10,13-16H,11-12H2,1-2H3,(H,29,30,32,33). The molecule has 0 radical (unpaired) electrons. The molecule has 0 unspecified atom stereocenters. The summed E-state index contributed by atoms with van der Waals surface area (Å²) in [4.78, 5) is 37.8. The smallest absolute Gasteiger partial charge is 0.183 e. The number of benzene rings is 1. The van der Waals surface area contributed by atoms with Gasteiger partial charge in [-0.05, 0) is 30.7 Å². The fraction of sp³-hybridized carbons (Fsp3) is 0.148. The van der Waals surface area contributed by atoms with E-state index in [-0.39, 0.29) is 5.78 Å². The second-order valence-corrected chi connectivity index (χ2v) is 8.87. The number of aromatic nitrogens is 9. The Morgan fingerprint density at radius 2 is 1.78 bits per heavy atom. The molecule has 37 heavy (non-hydrogen) atoms. The van der Waals surface area contributed by atoms with Gasteiger partial charge < -0.3 is 4.98 Å². The van der Waals surface area contributed by atoms with Crippen molar-refractivity contribution in [3.63, 3.8) is 0 Å². The van der Waals surface area contributed by atoms with Crippen molar-refractivity contribution in [2.75, 3.05) is 0 Å². The first-order valence-corrected chi connectivity index (χ1v) is 11.8. The third kappa shape index (κ3) is 4.52. The molecule has 5 aromatic heterocycles. The number of nitrogens with zero attached hydrogens (tertiary/aromatic N) is 8. The number of carbonyl (C=O) groups is 1. The van der Waals surface area contributed by atoms with Crippen molar-refractivity contribution in [3.05, 3.63) is 90.7 Å². The minimum Gasteiger partial charge on any atom is -0.334 e. The number of hydrogen-bond donors (Lipinski definition) is 1. The van der Waals surface area contributed by atoms with E-state index in [1.807, 2.05) is 67.2 Å². The number of ketones is 1. The van der Waals surface area contributed by atoms with Crippen molar-refractivity contribution in [2.24, 2.45) is 7.05 Å². The van der Waals surface area contributed by atoms with Crippen LogP contribution in [-0.4, -0.2) is 50.0 Å². The average molecular weight is 490 g/mol. The molecule has 5 heterocycles. The molecule has 182 valence electrons. The van der Waals surface area contributed by atoms with Gasteiger partial charge in [-0.3, -0.25) is 19.0 Å². The molecule has 1 aromatic carbocycles. The maximum atomic E-state index is 12.8. The van der Waals surface area contributed by atoms with Gasteiger partial charge in [0.15, 0.2) is 11.5 Å². The molecule has 0 saturated heterocycles. The number of Topliss-reactive ketones (excluding diaryl/α,β-unsaturated/α-hetero) is 1. The lowest BCUT2D eigenvalue weighted by atomic mass is 10.0. The van der Waals surface area contributed by atoms with Crippen molar-refractivity contribution in [3.8, 4) is 28.5 Å². The van der Waals surface area contributed by atoms with Gasteiger partial charge in [0.1, 0.15) is 29.8 Å². The molecule has 0 fully saturated rings. The molecule has 10 heteroatoms. The first-order valence-electron chi connectivity index (χ1n) is 11.8. The topological polar surface area (TPSA) is 120 Å². The molecular formula is C27H23N9O. The maximum Gasteiger partial charge on any atom is 0.183 e. The summed E-state index contributed by atoms with van der Waals surface area (Å²) in [5.74, 6) is 1.50. The Hall–Kier alpha value is -4.99. The largest absolute Gasteiger partial charge is 0.334 e. The molecule has 0 atom stereocenters. The zero-order valence-corrected chi connectivity index (χ0v) is 20.3. The highest BCUT2D eigenvalue weighted by atomic mass is 16.1. The highest BCUT2D eigenvalue weighted by Crippen LogP contribution is 2.23. The van der Waals surface area contributed by atoms with Crippen LogP contribution in [0.15, 0.2) is 73.7 Å². The number of imidazole rings is 2. The Morgan fingerprint density at radius 3 is 2.54 bits per heavy atom. The lowest BCUT2D eigenvalue weighted by Crippen LogP contribution is -2.10. The molecule has 6 rings (SSSR count). The lowest BCUT2D eigenvalue weighted by Gasteiger charge is -2.04. The first-order chi connectivity index (χ1) is 18.0. The van der Waals surface area contributed by atoms with E-state index in [4.69, 9.17) is 0 Å². The molecule has 0 aliphatic rings. The van der Waals surface area contributed by atoms with Gasteiger partial charge in [-0.15, -0.1) is 0 Å². The van der Waals surface area contributed by atoms with Crippen molar-refractivity contribution in [1.82, 2.24) is 44.3 Å². The molecule has 0 aliphatic carbocycles. The molecule has 6 aromatic rings. The fourth-order valence-electron chi connectivity index (χ4n) is 4.29. The Labute approximate surface area is 212 Å². The number of pyridine rings is 1. The van der Waals surface area contributed by atoms with Gasteiger partial charge in [0.2, 0.25) is 0 Å². The van der Waals surface area contributed by atoms with E-state index < -0.39 is 0 Å². The molecular weight excluding hydrogens is 466 g/mol. The van der Waals surface area contributed by atoms with E-state index >= 15 is 0 Å². The van der Waals surface area contributed by atoms with E-state index in [0.29, 0.717) is 30.1 Å². The van der Waals surface area contributed by atoms with Crippen LogP contribution in [0.3, 0.4) is 0 Å². The molecule has 1 N–H and O–H groups in total. The zero-order chi connectivity index (χ0) is 25.4. The van der Waals surface area contributed by atoms with Gasteiger partial charge in [-0.2, -0.15) is 5.10 Å². The lowest BCUT2D eigenvalue weighted by molar-refractivity contribution is -0.117. The van der Waals surface area contributed by atoms with Crippen molar-refractivity contribution < 1.29 is 4.79 Å². The van der Waals surface area contributed by atoms with Crippen LogP contribution in [0.1, 0.15) is 17.0 Å². The molecule has 0 amide bonds. The van der Waals surface area contributed by atoms with Crippen LogP contribution in [0.2, 0.25) is 0 Å². The van der Waals surface area contributed by atoms with E-state index in [1.54, 1.807) is 23.4 Å². The van der Waals surface area contributed by atoms with Crippen LogP contribution in [0.5, 0.6) is 0 Å². The third-order valence-corrected chi connectivity index (χ3v) is 6.18. The number of aryl methyl sites for hydroxylation is 2. The molecule has 0 spiro atoms. The van der Waals surface area contributed by atoms with E-state index in [9.17, 15) is 4.79 Å². The van der Waals surface area contributed by atoms with Gasteiger partial charge >= 0.3 is 0 Å². The summed E-state index contributed by atoms with van der Waals surface area (Å²) in [7, 11) is 1.86. The number of aromatic amines is 1. The Bertz CT molecular complexity index is 1710. The van der Waals surface area contributed by atoms with Crippen molar-refractivity contribution in [2.45, 2.75) is 19.8 Å². The summed E-state index contributed by atoms with van der Waals surface area (Å²) in [5, 5.41) is 4.54. The minimum atomic E-state index is 0.122. The SMILES string of the molecule is Cc1cn(-c2ncnc3nc(-c4ccc(CC(=O)Cc5cc(-c6ccncc6)nn5C)cc4)[nH]c23)cn1. The van der Waals surface area contributed by atoms with Crippen LogP contribution in [0.4, 0.5) is 0 Å². The number of carbonyl (C=O) groups excluding carboxylic acids is 1. The summed E-state index contributed by atoms with van der Waals surface area (Å²) in [6.45, 7) is 1.93. The minimum absolute atomic E-state index is 0.122. The fourth-order valence-corrected chi connectivity index (χ4v) is 4.29. The zero-order valence-electron chi connectivity index (χ0n) is 20.3. The van der Waals surface area contributed by atoms with Crippen molar-refractivity contribution in [1.29, 1.82) is 0 Å². The van der Waals surface area contributed by atoms with Gasteiger partial charge in [0.25, 0.3) is 0 Å². The summed E-state index contributed by atoms with van der Waals surface area (Å²) in [6.07, 6.45) is 9.23. The summed E-state index contributed by atoms with van der Waals surface area (Å²) in [5.41, 5.74) is 6.73.